The van der Waals surface area contributed by atoms with Crippen LogP contribution in [0.25, 0.3) is 0 Å². The zero-order chi connectivity index (χ0) is 13.0. The fourth-order valence-corrected chi connectivity index (χ4v) is 2.39. The van der Waals surface area contributed by atoms with Gasteiger partial charge in [0.1, 0.15) is 0 Å². The third-order valence-electron chi connectivity index (χ3n) is 3.61. The van der Waals surface area contributed by atoms with Crippen molar-refractivity contribution in [1.82, 2.24) is 10.6 Å². The monoisotopic (exact) mass is 246 g/mol. The molecule has 1 aromatic carbocycles. The van der Waals surface area contributed by atoms with Crippen molar-refractivity contribution in [2.45, 2.75) is 38.6 Å². The first-order chi connectivity index (χ1) is 8.69. The summed E-state index contributed by atoms with van der Waals surface area (Å²) in [7, 11) is 0. The lowest BCUT2D eigenvalue weighted by molar-refractivity contribution is -0.120. The van der Waals surface area contributed by atoms with Crippen LogP contribution in [0.4, 0.5) is 0 Å². The minimum Gasteiger partial charge on any atom is -0.355 e. The molecular weight excluding hydrogens is 224 g/mol. The van der Waals surface area contributed by atoms with E-state index in [1.54, 1.807) is 0 Å². The second-order valence-corrected chi connectivity index (χ2v) is 5.11. The fourth-order valence-electron chi connectivity index (χ4n) is 2.39. The van der Waals surface area contributed by atoms with Crippen molar-refractivity contribution < 1.29 is 4.79 Å². The fraction of sp³-hybridized carbons (Fsp3) is 0.533. The summed E-state index contributed by atoms with van der Waals surface area (Å²) in [6.07, 6.45) is 2.28. The van der Waals surface area contributed by atoms with Crippen molar-refractivity contribution in [3.8, 4) is 0 Å². The van der Waals surface area contributed by atoms with Gasteiger partial charge in [0.05, 0.1) is 6.54 Å². The number of likely N-dealkylation sites (N-methyl/N-ethyl adjacent to an activating group) is 1. The van der Waals surface area contributed by atoms with Gasteiger partial charge >= 0.3 is 0 Å². The van der Waals surface area contributed by atoms with E-state index in [4.69, 9.17) is 0 Å². The molecule has 3 nitrogen and oxygen atoms in total. The van der Waals surface area contributed by atoms with E-state index in [0.29, 0.717) is 25.0 Å². The summed E-state index contributed by atoms with van der Waals surface area (Å²) in [5.74, 6) is 0.758. The predicted octanol–water partition coefficient (Wildman–Crippen LogP) is 1.97. The van der Waals surface area contributed by atoms with Crippen LogP contribution in [-0.2, 0) is 4.79 Å². The molecule has 1 amide bonds. The molecule has 1 aliphatic rings. The number of carbonyl (C=O) groups is 1. The quantitative estimate of drug-likeness (QED) is 0.834. The Morgan fingerprint density at radius 3 is 2.56 bits per heavy atom. The molecule has 0 bridgehead atoms. The van der Waals surface area contributed by atoms with Gasteiger partial charge in [-0.25, -0.2) is 0 Å². The number of rotatable bonds is 5. The van der Waals surface area contributed by atoms with E-state index in [-0.39, 0.29) is 5.91 Å². The third-order valence-corrected chi connectivity index (χ3v) is 3.61. The molecular formula is C15H22N2O. The Bertz CT molecular complexity index is 393. The molecule has 0 radical (unpaired) electrons. The molecule has 1 aromatic rings. The van der Waals surface area contributed by atoms with Gasteiger partial charge in [-0.2, -0.15) is 0 Å². The van der Waals surface area contributed by atoms with Crippen LogP contribution < -0.4 is 10.6 Å². The summed E-state index contributed by atoms with van der Waals surface area (Å²) in [4.78, 5) is 11.3. The van der Waals surface area contributed by atoms with Crippen molar-refractivity contribution in [2.24, 2.45) is 0 Å². The predicted molar refractivity (Wildman–Crippen MR) is 73.6 cm³/mol. The number of hydrogen-bond acceptors (Lipinski definition) is 2. The number of aryl methyl sites for hydroxylation is 1. The van der Waals surface area contributed by atoms with Gasteiger partial charge < -0.3 is 10.6 Å². The average Bonchev–Trinajstić information content (AvgIpc) is 2.29. The van der Waals surface area contributed by atoms with Gasteiger partial charge in [0.2, 0.25) is 5.91 Å². The highest BCUT2D eigenvalue weighted by molar-refractivity contribution is 5.77. The van der Waals surface area contributed by atoms with Crippen LogP contribution in [-0.4, -0.2) is 25.0 Å². The summed E-state index contributed by atoms with van der Waals surface area (Å²) in [6, 6.07) is 9.29. The molecule has 2 rings (SSSR count). The van der Waals surface area contributed by atoms with Gasteiger partial charge in [-0.15, -0.1) is 0 Å². The van der Waals surface area contributed by atoms with Crippen LogP contribution in [0.3, 0.4) is 0 Å². The van der Waals surface area contributed by atoms with E-state index in [0.717, 1.165) is 12.8 Å². The first-order valence-electron chi connectivity index (χ1n) is 6.75. The van der Waals surface area contributed by atoms with Gasteiger partial charge in [-0.3, -0.25) is 4.79 Å². The Hall–Kier alpha value is -1.35. The largest absolute Gasteiger partial charge is 0.355 e. The Kier molecular flexibility index (Phi) is 4.37. The Labute approximate surface area is 109 Å². The normalized spacial score (nSPS) is 22.3. The van der Waals surface area contributed by atoms with E-state index in [1.165, 1.54) is 11.1 Å². The minimum absolute atomic E-state index is 0.0938. The van der Waals surface area contributed by atoms with E-state index in [2.05, 4.69) is 41.8 Å². The van der Waals surface area contributed by atoms with Crippen molar-refractivity contribution in [1.29, 1.82) is 0 Å². The first-order valence-corrected chi connectivity index (χ1v) is 6.75. The highest BCUT2D eigenvalue weighted by Gasteiger charge is 2.29. The third kappa shape index (κ3) is 3.33. The summed E-state index contributed by atoms with van der Waals surface area (Å²) in [5, 5.41) is 6.10. The number of amides is 1. The zero-order valence-electron chi connectivity index (χ0n) is 11.2. The molecule has 0 spiro atoms. The molecule has 0 heterocycles. The second-order valence-electron chi connectivity index (χ2n) is 5.11. The molecule has 0 atom stereocenters. The molecule has 3 heteroatoms. The van der Waals surface area contributed by atoms with Crippen molar-refractivity contribution >= 4 is 5.91 Å². The Balaban J connectivity index is 1.70. The molecule has 2 N–H and O–H groups in total. The lowest BCUT2D eigenvalue weighted by atomic mass is 9.76. The van der Waals surface area contributed by atoms with Gasteiger partial charge in [0.25, 0.3) is 0 Å². The van der Waals surface area contributed by atoms with Gasteiger partial charge in [0, 0.05) is 12.6 Å². The Morgan fingerprint density at radius 2 is 1.94 bits per heavy atom. The standard InChI is InChI=1S/C15H22N2O/c1-3-16-15(18)10-17-14-8-13(9-14)12-6-4-11(2)5-7-12/h4-7,13-14,17H,3,8-10H2,1-2H3,(H,16,18). The Morgan fingerprint density at radius 1 is 1.28 bits per heavy atom. The van der Waals surface area contributed by atoms with Crippen LogP contribution in [0.1, 0.15) is 36.8 Å². The first kappa shape index (κ1) is 13.1. The van der Waals surface area contributed by atoms with Crippen molar-refractivity contribution in [3.05, 3.63) is 35.4 Å². The number of benzene rings is 1. The van der Waals surface area contributed by atoms with Gasteiger partial charge in [-0.1, -0.05) is 29.8 Å². The smallest absolute Gasteiger partial charge is 0.233 e. The van der Waals surface area contributed by atoms with Crippen LogP contribution in [0.5, 0.6) is 0 Å². The number of nitrogens with one attached hydrogen (secondary N) is 2. The molecule has 1 saturated carbocycles. The van der Waals surface area contributed by atoms with Crippen LogP contribution >= 0.6 is 0 Å². The van der Waals surface area contributed by atoms with E-state index >= 15 is 0 Å². The maximum atomic E-state index is 11.3. The van der Waals surface area contributed by atoms with E-state index < -0.39 is 0 Å². The maximum Gasteiger partial charge on any atom is 0.233 e. The highest BCUT2D eigenvalue weighted by atomic mass is 16.1. The molecule has 98 valence electrons. The molecule has 0 saturated heterocycles. The molecule has 0 unspecified atom stereocenters. The van der Waals surface area contributed by atoms with E-state index in [1.807, 2.05) is 6.92 Å². The minimum atomic E-state index is 0.0938. The summed E-state index contributed by atoms with van der Waals surface area (Å²) in [6.45, 7) is 5.20. The second kappa shape index (κ2) is 6.01. The molecule has 0 aromatic heterocycles. The molecule has 1 fully saturated rings. The maximum absolute atomic E-state index is 11.3. The topological polar surface area (TPSA) is 41.1 Å². The summed E-state index contributed by atoms with van der Waals surface area (Å²) >= 11 is 0. The summed E-state index contributed by atoms with van der Waals surface area (Å²) in [5.41, 5.74) is 2.74. The van der Waals surface area contributed by atoms with Crippen molar-refractivity contribution in [3.63, 3.8) is 0 Å². The lowest BCUT2D eigenvalue weighted by Gasteiger charge is -2.36. The number of hydrogen-bond donors (Lipinski definition) is 2. The highest BCUT2D eigenvalue weighted by Crippen LogP contribution is 2.36. The lowest BCUT2D eigenvalue weighted by Crippen LogP contribution is -2.44. The van der Waals surface area contributed by atoms with E-state index in [9.17, 15) is 4.79 Å². The number of carbonyl (C=O) groups excluding carboxylic acids is 1. The van der Waals surface area contributed by atoms with Crippen LogP contribution in [0.15, 0.2) is 24.3 Å². The summed E-state index contributed by atoms with van der Waals surface area (Å²) < 4.78 is 0. The molecule has 18 heavy (non-hydrogen) atoms. The van der Waals surface area contributed by atoms with Crippen molar-refractivity contribution in [2.75, 3.05) is 13.1 Å². The zero-order valence-corrected chi connectivity index (χ0v) is 11.2. The average molecular weight is 246 g/mol. The van der Waals surface area contributed by atoms with Crippen LogP contribution in [0, 0.1) is 6.92 Å². The van der Waals surface area contributed by atoms with Gasteiger partial charge in [0.15, 0.2) is 0 Å². The van der Waals surface area contributed by atoms with Gasteiger partial charge in [-0.05, 0) is 38.2 Å². The molecule has 0 aliphatic heterocycles. The van der Waals surface area contributed by atoms with Crippen LogP contribution in [0.2, 0.25) is 0 Å². The molecule has 1 aliphatic carbocycles. The SMILES string of the molecule is CCNC(=O)CNC1CC(c2ccc(C)cc2)C1.